The molecular weight excluding hydrogens is 306 g/mol. The van der Waals surface area contributed by atoms with E-state index in [2.05, 4.69) is 5.32 Å². The van der Waals surface area contributed by atoms with Crippen molar-refractivity contribution >= 4 is 5.91 Å². The molecule has 0 heterocycles. The fraction of sp³-hybridized carbons (Fsp3) is 0.316. The summed E-state index contributed by atoms with van der Waals surface area (Å²) in [7, 11) is 4.82. The van der Waals surface area contributed by atoms with Gasteiger partial charge >= 0.3 is 0 Å². The molecule has 1 N–H and O–H groups in total. The van der Waals surface area contributed by atoms with Gasteiger partial charge in [-0.25, -0.2) is 0 Å². The highest BCUT2D eigenvalue weighted by molar-refractivity contribution is 5.76. The Morgan fingerprint density at radius 1 is 0.875 bits per heavy atom. The first kappa shape index (κ1) is 17.7. The minimum absolute atomic E-state index is 0.0224. The molecule has 0 unspecified atom stereocenters. The highest BCUT2D eigenvalue weighted by atomic mass is 16.5. The van der Waals surface area contributed by atoms with Crippen molar-refractivity contribution in [2.45, 2.75) is 19.4 Å². The molecule has 128 valence electrons. The first-order valence-corrected chi connectivity index (χ1v) is 7.78. The van der Waals surface area contributed by atoms with Gasteiger partial charge in [-0.15, -0.1) is 0 Å². The summed E-state index contributed by atoms with van der Waals surface area (Å²) < 4.78 is 15.9. The summed E-state index contributed by atoms with van der Waals surface area (Å²) >= 11 is 0. The van der Waals surface area contributed by atoms with Crippen molar-refractivity contribution in [2.24, 2.45) is 0 Å². The van der Waals surface area contributed by atoms with Gasteiger partial charge in [-0.05, 0) is 24.1 Å². The maximum atomic E-state index is 12.1. The van der Waals surface area contributed by atoms with E-state index in [4.69, 9.17) is 14.2 Å². The number of carbonyl (C=O) groups excluding carboxylic acids is 1. The number of para-hydroxylation sites is 2. The summed E-state index contributed by atoms with van der Waals surface area (Å²) in [4.78, 5) is 12.1. The van der Waals surface area contributed by atoms with E-state index >= 15 is 0 Å². The highest BCUT2D eigenvalue weighted by Gasteiger charge is 2.11. The van der Waals surface area contributed by atoms with Gasteiger partial charge in [-0.2, -0.15) is 0 Å². The molecule has 0 saturated carbocycles. The molecule has 2 aromatic rings. The van der Waals surface area contributed by atoms with Crippen molar-refractivity contribution in [3.8, 4) is 17.2 Å². The van der Waals surface area contributed by atoms with Crippen molar-refractivity contribution in [1.29, 1.82) is 0 Å². The molecule has 0 aliphatic rings. The maximum absolute atomic E-state index is 12.1. The van der Waals surface area contributed by atoms with Gasteiger partial charge in [0.1, 0.15) is 5.75 Å². The van der Waals surface area contributed by atoms with Crippen LogP contribution in [-0.4, -0.2) is 27.2 Å². The molecule has 0 saturated heterocycles. The van der Waals surface area contributed by atoms with E-state index in [0.717, 1.165) is 16.9 Å². The fourth-order valence-corrected chi connectivity index (χ4v) is 2.53. The molecule has 0 fully saturated rings. The lowest BCUT2D eigenvalue weighted by Gasteiger charge is -2.13. The van der Waals surface area contributed by atoms with Crippen molar-refractivity contribution in [1.82, 2.24) is 5.32 Å². The SMILES string of the molecule is COc1ccccc1CNC(=O)CCc1cccc(OC)c1OC. The van der Waals surface area contributed by atoms with E-state index in [1.165, 1.54) is 0 Å². The van der Waals surface area contributed by atoms with Gasteiger partial charge in [-0.3, -0.25) is 4.79 Å². The summed E-state index contributed by atoms with van der Waals surface area (Å²) in [6.07, 6.45) is 0.955. The lowest BCUT2D eigenvalue weighted by Crippen LogP contribution is -2.23. The third-order valence-electron chi connectivity index (χ3n) is 3.77. The highest BCUT2D eigenvalue weighted by Crippen LogP contribution is 2.31. The molecule has 0 atom stereocenters. The Bertz CT molecular complexity index is 685. The number of ether oxygens (including phenoxy) is 3. The van der Waals surface area contributed by atoms with Crippen LogP contribution in [0, 0.1) is 0 Å². The standard InChI is InChI=1S/C19H23NO4/c1-22-16-9-5-4-7-15(16)13-20-18(21)12-11-14-8-6-10-17(23-2)19(14)24-3/h4-10H,11-13H2,1-3H3,(H,20,21). The summed E-state index contributed by atoms with van der Waals surface area (Å²) in [6, 6.07) is 13.3. The molecule has 24 heavy (non-hydrogen) atoms. The number of hydrogen-bond acceptors (Lipinski definition) is 4. The second-order valence-corrected chi connectivity index (χ2v) is 5.24. The summed E-state index contributed by atoms with van der Waals surface area (Å²) in [5.74, 6) is 2.10. The first-order chi connectivity index (χ1) is 11.7. The zero-order valence-corrected chi connectivity index (χ0v) is 14.3. The second kappa shape index (κ2) is 8.82. The van der Waals surface area contributed by atoms with Gasteiger partial charge in [-0.1, -0.05) is 30.3 Å². The lowest BCUT2D eigenvalue weighted by molar-refractivity contribution is -0.121. The van der Waals surface area contributed by atoms with Crippen LogP contribution in [0.2, 0.25) is 0 Å². The molecule has 0 bridgehead atoms. The van der Waals surface area contributed by atoms with Crippen LogP contribution in [0.5, 0.6) is 17.2 Å². The Balaban J connectivity index is 1.92. The average Bonchev–Trinajstić information content (AvgIpc) is 2.64. The summed E-state index contributed by atoms with van der Waals surface area (Å²) in [5, 5.41) is 2.92. The first-order valence-electron chi connectivity index (χ1n) is 7.78. The van der Waals surface area contributed by atoms with Crippen LogP contribution in [0.25, 0.3) is 0 Å². The predicted octanol–water partition coefficient (Wildman–Crippen LogP) is 2.96. The Kier molecular flexibility index (Phi) is 6.49. The smallest absolute Gasteiger partial charge is 0.220 e. The largest absolute Gasteiger partial charge is 0.496 e. The Labute approximate surface area is 142 Å². The van der Waals surface area contributed by atoms with Crippen LogP contribution in [0.1, 0.15) is 17.5 Å². The van der Waals surface area contributed by atoms with Gasteiger partial charge in [0.2, 0.25) is 5.91 Å². The van der Waals surface area contributed by atoms with Crippen molar-refractivity contribution in [2.75, 3.05) is 21.3 Å². The maximum Gasteiger partial charge on any atom is 0.220 e. The number of benzene rings is 2. The summed E-state index contributed by atoms with van der Waals surface area (Å²) in [6.45, 7) is 0.443. The molecule has 0 aliphatic carbocycles. The van der Waals surface area contributed by atoms with Crippen LogP contribution in [0.15, 0.2) is 42.5 Å². The topological polar surface area (TPSA) is 56.8 Å². The van der Waals surface area contributed by atoms with Crippen LogP contribution in [0.4, 0.5) is 0 Å². The molecule has 2 rings (SSSR count). The van der Waals surface area contributed by atoms with E-state index in [1.807, 2.05) is 42.5 Å². The number of carbonyl (C=O) groups is 1. The van der Waals surface area contributed by atoms with Crippen LogP contribution >= 0.6 is 0 Å². The quantitative estimate of drug-likeness (QED) is 0.809. The average molecular weight is 329 g/mol. The van der Waals surface area contributed by atoms with Crippen molar-refractivity contribution < 1.29 is 19.0 Å². The molecule has 0 aromatic heterocycles. The minimum Gasteiger partial charge on any atom is -0.496 e. The zero-order valence-electron chi connectivity index (χ0n) is 14.3. The Hall–Kier alpha value is -2.69. The van der Waals surface area contributed by atoms with Crippen LogP contribution in [-0.2, 0) is 17.8 Å². The van der Waals surface area contributed by atoms with E-state index in [-0.39, 0.29) is 5.91 Å². The minimum atomic E-state index is -0.0224. The van der Waals surface area contributed by atoms with E-state index < -0.39 is 0 Å². The molecule has 5 heteroatoms. The number of methoxy groups -OCH3 is 3. The fourth-order valence-electron chi connectivity index (χ4n) is 2.53. The van der Waals surface area contributed by atoms with Gasteiger partial charge < -0.3 is 19.5 Å². The number of amides is 1. The van der Waals surface area contributed by atoms with Crippen LogP contribution < -0.4 is 19.5 Å². The number of hydrogen-bond donors (Lipinski definition) is 1. The van der Waals surface area contributed by atoms with E-state index in [0.29, 0.717) is 30.9 Å². The zero-order chi connectivity index (χ0) is 17.4. The van der Waals surface area contributed by atoms with Crippen LogP contribution in [0.3, 0.4) is 0 Å². The number of aryl methyl sites for hydroxylation is 1. The number of rotatable bonds is 8. The summed E-state index contributed by atoms with van der Waals surface area (Å²) in [5.41, 5.74) is 1.90. The molecule has 1 amide bonds. The molecular formula is C19H23NO4. The van der Waals surface area contributed by atoms with E-state index in [1.54, 1.807) is 21.3 Å². The van der Waals surface area contributed by atoms with Gasteiger partial charge in [0.15, 0.2) is 11.5 Å². The molecule has 0 aliphatic heterocycles. The predicted molar refractivity (Wildman–Crippen MR) is 92.7 cm³/mol. The second-order valence-electron chi connectivity index (χ2n) is 5.24. The monoisotopic (exact) mass is 329 g/mol. The number of nitrogens with one attached hydrogen (secondary N) is 1. The third-order valence-corrected chi connectivity index (χ3v) is 3.77. The van der Waals surface area contributed by atoms with Gasteiger partial charge in [0, 0.05) is 18.5 Å². The van der Waals surface area contributed by atoms with E-state index in [9.17, 15) is 4.79 Å². The van der Waals surface area contributed by atoms with Gasteiger partial charge in [0.05, 0.1) is 21.3 Å². The Morgan fingerprint density at radius 3 is 2.25 bits per heavy atom. The molecule has 5 nitrogen and oxygen atoms in total. The normalized spacial score (nSPS) is 10.1. The van der Waals surface area contributed by atoms with Crippen molar-refractivity contribution in [3.63, 3.8) is 0 Å². The third kappa shape index (κ3) is 4.41. The molecule has 0 radical (unpaired) electrons. The van der Waals surface area contributed by atoms with Gasteiger partial charge in [0.25, 0.3) is 0 Å². The molecule has 2 aromatic carbocycles. The van der Waals surface area contributed by atoms with Crippen molar-refractivity contribution in [3.05, 3.63) is 53.6 Å². The Morgan fingerprint density at radius 2 is 1.54 bits per heavy atom. The molecule has 0 spiro atoms. The lowest BCUT2D eigenvalue weighted by atomic mass is 10.1.